The first-order valence-electron chi connectivity index (χ1n) is 5.92. The summed E-state index contributed by atoms with van der Waals surface area (Å²) >= 11 is 1.11. The van der Waals surface area contributed by atoms with Crippen LogP contribution in [0.5, 0.6) is 0 Å². The Morgan fingerprint density at radius 1 is 1.32 bits per heavy atom. The lowest BCUT2D eigenvalue weighted by atomic mass is 10.1. The average molecular weight is 295 g/mol. The molecular weight excluding hydrogens is 282 g/mol. The first-order valence-corrected chi connectivity index (χ1v) is 8.18. The van der Waals surface area contributed by atoms with Gasteiger partial charge in [0.1, 0.15) is 5.01 Å². The van der Waals surface area contributed by atoms with Gasteiger partial charge in [0.15, 0.2) is 0 Å². The first-order chi connectivity index (χ1) is 9.00. The van der Waals surface area contributed by atoms with Crippen LogP contribution in [0.2, 0.25) is 0 Å². The molecule has 0 spiro atoms. The van der Waals surface area contributed by atoms with E-state index in [1.807, 2.05) is 31.2 Å². The lowest BCUT2D eigenvalue weighted by molar-refractivity contribution is 0.582. The number of sulfonamides is 1. The standard InChI is InChI=1S/C12H13N3O2S2/c1-8-7-10-5-3-4-6-11(10)15(8)19(16,17)12-14-13-9(2)18-12/h3-6,8H,7H2,1-2H3. The molecule has 2 heterocycles. The highest BCUT2D eigenvalue weighted by molar-refractivity contribution is 7.94. The second-order valence-corrected chi connectivity index (χ2v) is 7.74. The van der Waals surface area contributed by atoms with E-state index in [2.05, 4.69) is 10.2 Å². The molecule has 1 aliphatic rings. The van der Waals surface area contributed by atoms with Crippen molar-refractivity contribution in [2.75, 3.05) is 4.31 Å². The fraction of sp³-hybridized carbons (Fsp3) is 0.333. The Kier molecular flexibility index (Phi) is 2.83. The van der Waals surface area contributed by atoms with Crippen molar-refractivity contribution in [1.82, 2.24) is 10.2 Å². The quantitative estimate of drug-likeness (QED) is 0.850. The van der Waals surface area contributed by atoms with Crippen LogP contribution in [0.15, 0.2) is 28.6 Å². The molecular formula is C12H13N3O2S2. The predicted molar refractivity (Wildman–Crippen MR) is 73.9 cm³/mol. The number of nitrogens with zero attached hydrogens (tertiary/aromatic N) is 3. The molecule has 19 heavy (non-hydrogen) atoms. The van der Waals surface area contributed by atoms with Crippen molar-refractivity contribution in [3.8, 4) is 0 Å². The zero-order chi connectivity index (χ0) is 13.6. The molecule has 2 aromatic rings. The summed E-state index contributed by atoms with van der Waals surface area (Å²) in [5.74, 6) is 0. The number of anilines is 1. The summed E-state index contributed by atoms with van der Waals surface area (Å²) in [6, 6.07) is 7.49. The Morgan fingerprint density at radius 3 is 2.74 bits per heavy atom. The minimum absolute atomic E-state index is 0.0635. The van der Waals surface area contributed by atoms with Gasteiger partial charge in [0, 0.05) is 6.04 Å². The summed E-state index contributed by atoms with van der Waals surface area (Å²) < 4.78 is 26.8. The summed E-state index contributed by atoms with van der Waals surface area (Å²) in [7, 11) is -3.60. The van der Waals surface area contributed by atoms with E-state index in [1.165, 1.54) is 4.31 Å². The van der Waals surface area contributed by atoms with Gasteiger partial charge in [0.05, 0.1) is 5.69 Å². The lowest BCUT2D eigenvalue weighted by Gasteiger charge is -2.22. The number of aromatic nitrogens is 2. The van der Waals surface area contributed by atoms with Crippen molar-refractivity contribution >= 4 is 27.0 Å². The Balaban J connectivity index is 2.12. The molecule has 0 saturated heterocycles. The van der Waals surface area contributed by atoms with Crippen LogP contribution < -0.4 is 4.31 Å². The fourth-order valence-corrected chi connectivity index (χ4v) is 5.11. The molecule has 7 heteroatoms. The maximum Gasteiger partial charge on any atom is 0.293 e. The van der Waals surface area contributed by atoms with E-state index in [0.717, 1.165) is 29.0 Å². The number of hydrogen-bond donors (Lipinski definition) is 0. The first kappa shape index (κ1) is 12.6. The van der Waals surface area contributed by atoms with Crippen LogP contribution in [0, 0.1) is 6.92 Å². The number of para-hydroxylation sites is 1. The minimum atomic E-state index is -3.60. The number of aryl methyl sites for hydroxylation is 1. The molecule has 5 nitrogen and oxygen atoms in total. The highest BCUT2D eigenvalue weighted by Crippen LogP contribution is 2.36. The van der Waals surface area contributed by atoms with Crippen molar-refractivity contribution < 1.29 is 8.42 Å². The van der Waals surface area contributed by atoms with Crippen molar-refractivity contribution in [3.05, 3.63) is 34.8 Å². The second kappa shape index (κ2) is 4.28. The largest absolute Gasteiger partial charge is 0.293 e. The minimum Gasteiger partial charge on any atom is -0.261 e. The van der Waals surface area contributed by atoms with Gasteiger partial charge >= 0.3 is 0 Å². The fourth-order valence-electron chi connectivity index (χ4n) is 2.37. The highest BCUT2D eigenvalue weighted by atomic mass is 32.2. The van der Waals surface area contributed by atoms with Crippen LogP contribution in [0.25, 0.3) is 0 Å². The molecule has 0 radical (unpaired) electrons. The van der Waals surface area contributed by atoms with Gasteiger partial charge in [0.2, 0.25) is 0 Å². The van der Waals surface area contributed by atoms with E-state index in [0.29, 0.717) is 5.01 Å². The third kappa shape index (κ3) is 1.93. The topological polar surface area (TPSA) is 63.2 Å². The van der Waals surface area contributed by atoms with Crippen molar-refractivity contribution in [2.45, 2.75) is 30.6 Å². The number of hydrogen-bond acceptors (Lipinski definition) is 5. The molecule has 1 aromatic carbocycles. The molecule has 0 fully saturated rings. The summed E-state index contributed by atoms with van der Waals surface area (Å²) in [5, 5.41) is 8.23. The van der Waals surface area contributed by atoms with E-state index < -0.39 is 10.0 Å². The van der Waals surface area contributed by atoms with Gasteiger partial charge in [-0.25, -0.2) is 0 Å². The Morgan fingerprint density at radius 2 is 2.05 bits per heavy atom. The zero-order valence-corrected chi connectivity index (χ0v) is 12.2. The summed E-state index contributed by atoms with van der Waals surface area (Å²) in [5.41, 5.74) is 1.81. The van der Waals surface area contributed by atoms with Gasteiger partial charge in [-0.15, -0.1) is 10.2 Å². The third-order valence-corrected chi connectivity index (χ3v) is 6.24. The maximum absolute atomic E-state index is 12.7. The Hall–Kier alpha value is -1.47. The Labute approximate surface area is 116 Å². The van der Waals surface area contributed by atoms with Gasteiger partial charge in [-0.05, 0) is 31.9 Å². The Bertz CT molecular complexity index is 724. The van der Waals surface area contributed by atoms with E-state index in [4.69, 9.17) is 0 Å². The van der Waals surface area contributed by atoms with E-state index >= 15 is 0 Å². The van der Waals surface area contributed by atoms with Crippen LogP contribution >= 0.6 is 11.3 Å². The van der Waals surface area contributed by atoms with Crippen molar-refractivity contribution in [1.29, 1.82) is 0 Å². The number of benzene rings is 1. The van der Waals surface area contributed by atoms with Gasteiger partial charge < -0.3 is 0 Å². The normalized spacial score (nSPS) is 18.6. The summed E-state index contributed by atoms with van der Waals surface area (Å²) in [4.78, 5) is 0. The molecule has 0 bridgehead atoms. The predicted octanol–water partition coefficient (Wildman–Crippen LogP) is 1.99. The number of rotatable bonds is 2. The monoisotopic (exact) mass is 295 g/mol. The smallest absolute Gasteiger partial charge is 0.261 e. The van der Waals surface area contributed by atoms with Gasteiger partial charge in [-0.2, -0.15) is 8.42 Å². The second-order valence-electron chi connectivity index (χ2n) is 4.57. The molecule has 0 amide bonds. The van der Waals surface area contributed by atoms with Crippen LogP contribution in [0.4, 0.5) is 5.69 Å². The van der Waals surface area contributed by atoms with Crippen LogP contribution in [-0.2, 0) is 16.4 Å². The van der Waals surface area contributed by atoms with Crippen molar-refractivity contribution in [2.24, 2.45) is 0 Å². The van der Waals surface area contributed by atoms with E-state index in [-0.39, 0.29) is 10.4 Å². The highest BCUT2D eigenvalue weighted by Gasteiger charge is 2.37. The van der Waals surface area contributed by atoms with Crippen LogP contribution in [0.3, 0.4) is 0 Å². The van der Waals surface area contributed by atoms with Gasteiger partial charge in [-0.1, -0.05) is 29.5 Å². The SMILES string of the molecule is Cc1nnc(S(=O)(=O)N2c3ccccc3CC2C)s1. The third-order valence-electron chi connectivity index (χ3n) is 3.13. The summed E-state index contributed by atoms with van der Waals surface area (Å²) in [6.45, 7) is 3.66. The molecule has 1 aliphatic heterocycles. The van der Waals surface area contributed by atoms with Crippen LogP contribution in [-0.4, -0.2) is 24.7 Å². The molecule has 0 saturated carbocycles. The molecule has 1 aromatic heterocycles. The molecule has 1 atom stereocenters. The molecule has 3 rings (SSSR count). The molecule has 100 valence electrons. The van der Waals surface area contributed by atoms with Gasteiger partial charge in [0.25, 0.3) is 14.4 Å². The van der Waals surface area contributed by atoms with E-state index in [1.54, 1.807) is 6.92 Å². The molecule has 0 N–H and O–H groups in total. The lowest BCUT2D eigenvalue weighted by Crippen LogP contribution is -2.35. The maximum atomic E-state index is 12.7. The average Bonchev–Trinajstić information content (AvgIpc) is 2.92. The van der Waals surface area contributed by atoms with E-state index in [9.17, 15) is 8.42 Å². The van der Waals surface area contributed by atoms with Gasteiger partial charge in [-0.3, -0.25) is 4.31 Å². The number of fused-ring (bicyclic) bond motifs is 1. The zero-order valence-electron chi connectivity index (χ0n) is 10.6. The molecule has 1 unspecified atom stereocenters. The summed E-state index contributed by atoms with van der Waals surface area (Å²) in [6.07, 6.45) is 0.729. The van der Waals surface area contributed by atoms with Crippen LogP contribution in [0.1, 0.15) is 17.5 Å². The molecule has 0 aliphatic carbocycles. The van der Waals surface area contributed by atoms with Crippen molar-refractivity contribution in [3.63, 3.8) is 0 Å².